The molecule has 0 aliphatic heterocycles. The monoisotopic (exact) mass is 372 g/mol. The zero-order chi connectivity index (χ0) is 18.7. The summed E-state index contributed by atoms with van der Waals surface area (Å²) < 4.78 is 32.2. The Morgan fingerprint density at radius 3 is 2.31 bits per heavy atom. The van der Waals surface area contributed by atoms with Gasteiger partial charge in [-0.1, -0.05) is 23.9 Å². The summed E-state index contributed by atoms with van der Waals surface area (Å²) in [6.45, 7) is 5.88. The van der Waals surface area contributed by atoms with E-state index in [1.807, 2.05) is 32.9 Å². The van der Waals surface area contributed by atoms with Gasteiger partial charge in [0.25, 0.3) is 0 Å². The minimum Gasteiger partial charge on any atom is -0.439 e. The minimum atomic E-state index is -0.855. The highest BCUT2D eigenvalue weighted by atomic mass is 32.2. The number of thioether (sulfide) groups is 1. The zero-order valence-corrected chi connectivity index (χ0v) is 15.5. The van der Waals surface area contributed by atoms with E-state index in [1.165, 1.54) is 17.8 Å². The first-order valence-corrected chi connectivity index (χ1v) is 9.06. The van der Waals surface area contributed by atoms with Crippen molar-refractivity contribution in [3.05, 3.63) is 76.5 Å². The molecule has 0 unspecified atom stereocenters. The SMILES string of the molecule is Cc1cc(C)cc(Oc2cc(C)nc(SCc3ccc(F)c(F)c3)n2)c1. The molecule has 3 rings (SSSR count). The van der Waals surface area contributed by atoms with Gasteiger partial charge < -0.3 is 4.74 Å². The molecule has 0 N–H and O–H groups in total. The number of benzene rings is 2. The molecule has 134 valence electrons. The molecule has 0 saturated carbocycles. The predicted molar refractivity (Wildman–Crippen MR) is 98.7 cm³/mol. The van der Waals surface area contributed by atoms with Crippen molar-refractivity contribution in [1.82, 2.24) is 9.97 Å². The summed E-state index contributed by atoms with van der Waals surface area (Å²) in [7, 11) is 0. The maximum atomic E-state index is 13.3. The standard InChI is InChI=1S/C20H18F2N2OS/c1-12-6-13(2)8-16(7-12)25-19-9-14(3)23-20(24-19)26-11-15-4-5-17(21)18(22)10-15/h4-10H,11H2,1-3H3. The van der Waals surface area contributed by atoms with Gasteiger partial charge in [0.2, 0.25) is 5.88 Å². The third-order valence-corrected chi connectivity index (χ3v) is 4.50. The Morgan fingerprint density at radius 2 is 1.62 bits per heavy atom. The van der Waals surface area contributed by atoms with Gasteiger partial charge in [0.1, 0.15) is 5.75 Å². The molecule has 1 heterocycles. The van der Waals surface area contributed by atoms with Crippen molar-refractivity contribution < 1.29 is 13.5 Å². The Morgan fingerprint density at radius 1 is 0.885 bits per heavy atom. The van der Waals surface area contributed by atoms with Crippen LogP contribution >= 0.6 is 11.8 Å². The Labute approximate surface area is 155 Å². The molecule has 3 aromatic rings. The zero-order valence-electron chi connectivity index (χ0n) is 14.7. The third kappa shape index (κ3) is 4.79. The topological polar surface area (TPSA) is 35.0 Å². The van der Waals surface area contributed by atoms with E-state index in [-0.39, 0.29) is 0 Å². The molecule has 0 atom stereocenters. The highest BCUT2D eigenvalue weighted by molar-refractivity contribution is 7.98. The van der Waals surface area contributed by atoms with Crippen LogP contribution in [0.4, 0.5) is 8.78 Å². The first kappa shape index (κ1) is 18.3. The van der Waals surface area contributed by atoms with Gasteiger partial charge in [0.05, 0.1) is 0 Å². The lowest BCUT2D eigenvalue weighted by Crippen LogP contribution is -1.96. The van der Waals surface area contributed by atoms with Crippen LogP contribution in [0.2, 0.25) is 0 Å². The van der Waals surface area contributed by atoms with Crippen LogP contribution in [0, 0.1) is 32.4 Å². The number of aryl methyl sites for hydroxylation is 3. The van der Waals surface area contributed by atoms with E-state index < -0.39 is 11.6 Å². The van der Waals surface area contributed by atoms with Gasteiger partial charge >= 0.3 is 0 Å². The van der Waals surface area contributed by atoms with Crippen LogP contribution in [0.5, 0.6) is 11.6 Å². The Hall–Kier alpha value is -2.47. The molecule has 1 aromatic heterocycles. The minimum absolute atomic E-state index is 0.434. The molecule has 0 spiro atoms. The molecule has 3 nitrogen and oxygen atoms in total. The molecule has 0 amide bonds. The summed E-state index contributed by atoms with van der Waals surface area (Å²) in [4.78, 5) is 8.77. The predicted octanol–water partition coefficient (Wildman–Crippen LogP) is 5.76. The smallest absolute Gasteiger partial charge is 0.223 e. The van der Waals surface area contributed by atoms with E-state index in [0.29, 0.717) is 22.4 Å². The number of ether oxygens (including phenoxy) is 1. The van der Waals surface area contributed by atoms with Crippen molar-refractivity contribution in [3.63, 3.8) is 0 Å². The van der Waals surface area contributed by atoms with Crippen LogP contribution in [0.15, 0.2) is 47.6 Å². The molecule has 26 heavy (non-hydrogen) atoms. The van der Waals surface area contributed by atoms with Gasteiger partial charge in [-0.2, -0.15) is 4.98 Å². The van der Waals surface area contributed by atoms with Crippen LogP contribution < -0.4 is 4.74 Å². The van der Waals surface area contributed by atoms with Crippen molar-refractivity contribution in [1.29, 1.82) is 0 Å². The number of aromatic nitrogens is 2. The maximum Gasteiger partial charge on any atom is 0.223 e. The van der Waals surface area contributed by atoms with E-state index in [0.717, 1.165) is 28.6 Å². The highest BCUT2D eigenvalue weighted by Gasteiger charge is 2.08. The largest absolute Gasteiger partial charge is 0.439 e. The summed E-state index contributed by atoms with van der Waals surface area (Å²) in [6.07, 6.45) is 0. The van der Waals surface area contributed by atoms with Crippen molar-refractivity contribution in [2.24, 2.45) is 0 Å². The summed E-state index contributed by atoms with van der Waals surface area (Å²) in [6, 6.07) is 11.6. The average molecular weight is 372 g/mol. The van der Waals surface area contributed by atoms with Gasteiger partial charge in [-0.25, -0.2) is 13.8 Å². The molecular formula is C20H18F2N2OS. The lowest BCUT2D eigenvalue weighted by atomic mass is 10.1. The summed E-state index contributed by atoms with van der Waals surface area (Å²) in [5.41, 5.74) is 3.65. The Bertz CT molecular complexity index is 927. The number of nitrogens with zero attached hydrogens (tertiary/aromatic N) is 2. The van der Waals surface area contributed by atoms with Gasteiger partial charge in [-0.3, -0.25) is 0 Å². The molecule has 0 bridgehead atoms. The second-order valence-electron chi connectivity index (χ2n) is 6.09. The second kappa shape index (κ2) is 7.83. The summed E-state index contributed by atoms with van der Waals surface area (Å²) >= 11 is 1.34. The third-order valence-electron chi connectivity index (χ3n) is 3.58. The van der Waals surface area contributed by atoms with Crippen molar-refractivity contribution in [3.8, 4) is 11.6 Å². The van der Waals surface area contributed by atoms with Gasteiger partial charge in [-0.15, -0.1) is 0 Å². The van der Waals surface area contributed by atoms with Crippen molar-refractivity contribution in [2.45, 2.75) is 31.7 Å². The fourth-order valence-corrected chi connectivity index (χ4v) is 3.36. The van der Waals surface area contributed by atoms with Gasteiger partial charge in [0.15, 0.2) is 16.8 Å². The Kier molecular flexibility index (Phi) is 5.52. The summed E-state index contributed by atoms with van der Waals surface area (Å²) in [5.74, 6) is -0.0989. The van der Waals surface area contributed by atoms with Crippen LogP contribution in [0.1, 0.15) is 22.4 Å². The lowest BCUT2D eigenvalue weighted by Gasteiger charge is -2.09. The highest BCUT2D eigenvalue weighted by Crippen LogP contribution is 2.26. The summed E-state index contributed by atoms with van der Waals surface area (Å²) in [5, 5.41) is 0.522. The first-order valence-electron chi connectivity index (χ1n) is 8.07. The van der Waals surface area contributed by atoms with Crippen LogP contribution in [0.3, 0.4) is 0 Å². The molecule has 0 aliphatic rings. The Balaban J connectivity index is 1.75. The van der Waals surface area contributed by atoms with Gasteiger partial charge in [0, 0.05) is 17.5 Å². The number of hydrogen-bond donors (Lipinski definition) is 0. The van der Waals surface area contributed by atoms with E-state index in [9.17, 15) is 8.78 Å². The molecular weight excluding hydrogens is 354 g/mol. The van der Waals surface area contributed by atoms with Gasteiger partial charge in [-0.05, 0) is 61.7 Å². The quantitative estimate of drug-likeness (QED) is 0.421. The van der Waals surface area contributed by atoms with Crippen LogP contribution in [-0.4, -0.2) is 9.97 Å². The van der Waals surface area contributed by atoms with E-state index in [2.05, 4.69) is 16.0 Å². The fraction of sp³-hybridized carbons (Fsp3) is 0.200. The molecule has 0 fully saturated rings. The number of halogens is 2. The fourth-order valence-electron chi connectivity index (χ4n) is 2.52. The molecule has 2 aromatic carbocycles. The van der Waals surface area contributed by atoms with E-state index in [4.69, 9.17) is 4.74 Å². The second-order valence-corrected chi connectivity index (χ2v) is 7.04. The number of hydrogen-bond acceptors (Lipinski definition) is 4. The number of rotatable bonds is 5. The lowest BCUT2D eigenvalue weighted by molar-refractivity contribution is 0.454. The maximum absolute atomic E-state index is 13.3. The molecule has 6 heteroatoms. The van der Waals surface area contributed by atoms with Crippen molar-refractivity contribution >= 4 is 11.8 Å². The molecule has 0 radical (unpaired) electrons. The van der Waals surface area contributed by atoms with Crippen LogP contribution in [0.25, 0.3) is 0 Å². The van der Waals surface area contributed by atoms with E-state index >= 15 is 0 Å². The normalized spacial score (nSPS) is 10.8. The van der Waals surface area contributed by atoms with Crippen LogP contribution in [-0.2, 0) is 5.75 Å². The molecule has 0 saturated heterocycles. The molecule has 0 aliphatic carbocycles. The average Bonchev–Trinajstić information content (AvgIpc) is 2.54. The van der Waals surface area contributed by atoms with E-state index in [1.54, 1.807) is 12.1 Å². The van der Waals surface area contributed by atoms with Crippen molar-refractivity contribution in [2.75, 3.05) is 0 Å². The first-order chi connectivity index (χ1) is 12.4.